The summed E-state index contributed by atoms with van der Waals surface area (Å²) >= 11 is 12.1. The van der Waals surface area contributed by atoms with Gasteiger partial charge < -0.3 is 9.47 Å². The van der Waals surface area contributed by atoms with Gasteiger partial charge >= 0.3 is 0 Å². The zero-order chi connectivity index (χ0) is 21.3. The lowest BCUT2D eigenvalue weighted by atomic mass is 10.2. The van der Waals surface area contributed by atoms with Crippen molar-refractivity contribution in [3.8, 4) is 11.5 Å². The van der Waals surface area contributed by atoms with Crippen LogP contribution in [0.4, 0.5) is 0 Å². The average molecular weight is 443 g/mol. The predicted molar refractivity (Wildman–Crippen MR) is 120 cm³/mol. The zero-order valence-corrected chi connectivity index (χ0v) is 17.8. The van der Waals surface area contributed by atoms with Gasteiger partial charge in [0.05, 0.1) is 12.8 Å². The molecule has 0 saturated heterocycles. The molecule has 0 fully saturated rings. The number of para-hydroxylation sites is 1. The average Bonchev–Trinajstić information content (AvgIpc) is 2.74. The summed E-state index contributed by atoms with van der Waals surface area (Å²) in [5.41, 5.74) is 4.53. The molecule has 7 heteroatoms. The predicted octanol–water partition coefficient (Wildman–Crippen LogP) is 5.74. The van der Waals surface area contributed by atoms with Crippen LogP contribution in [0.15, 0.2) is 71.8 Å². The molecule has 1 N–H and O–H groups in total. The molecule has 0 bridgehead atoms. The maximum atomic E-state index is 12.2. The van der Waals surface area contributed by atoms with Crippen molar-refractivity contribution in [2.45, 2.75) is 13.5 Å². The van der Waals surface area contributed by atoms with Crippen LogP contribution in [0.3, 0.4) is 0 Å². The second-order valence-corrected chi connectivity index (χ2v) is 7.06. The van der Waals surface area contributed by atoms with E-state index in [0.717, 1.165) is 11.1 Å². The van der Waals surface area contributed by atoms with Gasteiger partial charge in [0.2, 0.25) is 0 Å². The van der Waals surface area contributed by atoms with Gasteiger partial charge in [-0.2, -0.15) is 5.10 Å². The molecule has 5 nitrogen and oxygen atoms in total. The summed E-state index contributed by atoms with van der Waals surface area (Å²) in [5, 5.41) is 5.15. The molecule has 154 valence electrons. The van der Waals surface area contributed by atoms with E-state index in [4.69, 9.17) is 32.7 Å². The molecule has 0 heterocycles. The first-order valence-corrected chi connectivity index (χ1v) is 10.0. The van der Waals surface area contributed by atoms with Gasteiger partial charge in [-0.15, -0.1) is 0 Å². The van der Waals surface area contributed by atoms with E-state index in [0.29, 0.717) is 33.7 Å². The lowest BCUT2D eigenvalue weighted by Gasteiger charge is -2.10. The lowest BCUT2D eigenvalue weighted by Crippen LogP contribution is -2.17. The molecule has 30 heavy (non-hydrogen) atoms. The number of nitrogens with one attached hydrogen (secondary N) is 1. The van der Waals surface area contributed by atoms with Crippen molar-refractivity contribution in [1.82, 2.24) is 5.43 Å². The van der Waals surface area contributed by atoms with Crippen LogP contribution in [-0.4, -0.2) is 18.7 Å². The van der Waals surface area contributed by atoms with Gasteiger partial charge in [0.1, 0.15) is 18.1 Å². The number of carbonyl (C=O) groups excluding carboxylic acids is 1. The minimum absolute atomic E-state index is 0.277. The highest BCUT2D eigenvalue weighted by Gasteiger charge is 2.07. The van der Waals surface area contributed by atoms with E-state index in [1.54, 1.807) is 36.4 Å². The monoisotopic (exact) mass is 442 g/mol. The molecule has 0 aliphatic rings. The molecule has 3 aromatic rings. The number of amides is 1. The van der Waals surface area contributed by atoms with E-state index in [1.807, 2.05) is 37.3 Å². The molecular weight excluding hydrogens is 423 g/mol. The van der Waals surface area contributed by atoms with Crippen molar-refractivity contribution in [1.29, 1.82) is 0 Å². The Labute approximate surface area is 185 Å². The summed E-state index contributed by atoms with van der Waals surface area (Å²) in [4.78, 5) is 12.2. The first kappa shape index (κ1) is 21.7. The SMILES string of the molecule is CCOc1ccc(C(=O)N/N=C/c2ccccc2OCc2ccc(Cl)cc2Cl)cc1. The van der Waals surface area contributed by atoms with Gasteiger partial charge in [0.25, 0.3) is 5.91 Å². The highest BCUT2D eigenvalue weighted by molar-refractivity contribution is 6.35. The number of ether oxygens (including phenoxy) is 2. The van der Waals surface area contributed by atoms with Crippen LogP contribution >= 0.6 is 23.2 Å². The smallest absolute Gasteiger partial charge is 0.271 e. The van der Waals surface area contributed by atoms with Crippen molar-refractivity contribution >= 4 is 35.3 Å². The van der Waals surface area contributed by atoms with Crippen molar-refractivity contribution < 1.29 is 14.3 Å². The van der Waals surface area contributed by atoms with Crippen molar-refractivity contribution in [3.63, 3.8) is 0 Å². The normalized spacial score (nSPS) is 10.8. The Bertz CT molecular complexity index is 1040. The summed E-state index contributed by atoms with van der Waals surface area (Å²) in [6.45, 7) is 2.75. The van der Waals surface area contributed by atoms with E-state index in [2.05, 4.69) is 10.5 Å². The molecule has 0 atom stereocenters. The third-order valence-corrected chi connectivity index (χ3v) is 4.70. The van der Waals surface area contributed by atoms with Crippen molar-refractivity contribution in [2.75, 3.05) is 6.61 Å². The fourth-order valence-electron chi connectivity index (χ4n) is 2.61. The minimum Gasteiger partial charge on any atom is -0.494 e. The van der Waals surface area contributed by atoms with Crippen molar-refractivity contribution in [3.05, 3.63) is 93.5 Å². The van der Waals surface area contributed by atoms with E-state index in [-0.39, 0.29) is 12.5 Å². The maximum Gasteiger partial charge on any atom is 0.271 e. The molecular formula is C23H20Cl2N2O3. The number of hydrogen-bond acceptors (Lipinski definition) is 4. The number of nitrogens with zero attached hydrogens (tertiary/aromatic N) is 1. The largest absolute Gasteiger partial charge is 0.494 e. The Kier molecular flexibility index (Phi) is 7.71. The zero-order valence-electron chi connectivity index (χ0n) is 16.3. The van der Waals surface area contributed by atoms with Crippen LogP contribution in [0.2, 0.25) is 10.0 Å². The van der Waals surface area contributed by atoms with Crippen LogP contribution in [-0.2, 0) is 6.61 Å². The number of carbonyl (C=O) groups is 1. The maximum absolute atomic E-state index is 12.2. The van der Waals surface area contributed by atoms with Gasteiger partial charge in [0.15, 0.2) is 0 Å². The van der Waals surface area contributed by atoms with Crippen LogP contribution in [0.25, 0.3) is 0 Å². The van der Waals surface area contributed by atoms with E-state index in [1.165, 1.54) is 6.21 Å². The fourth-order valence-corrected chi connectivity index (χ4v) is 3.07. The second-order valence-electron chi connectivity index (χ2n) is 6.22. The van der Waals surface area contributed by atoms with Gasteiger partial charge in [-0.05, 0) is 55.5 Å². The Morgan fingerprint density at radius 3 is 2.53 bits per heavy atom. The Hall–Kier alpha value is -3.02. The highest BCUT2D eigenvalue weighted by atomic mass is 35.5. The summed E-state index contributed by atoms with van der Waals surface area (Å²) in [7, 11) is 0. The molecule has 0 aliphatic carbocycles. The standard InChI is InChI=1S/C23H20Cl2N2O3/c1-2-29-20-11-8-16(9-12-20)23(28)27-26-14-17-5-3-4-6-22(17)30-15-18-7-10-19(24)13-21(18)25/h3-14H,2,15H2,1H3,(H,27,28)/b26-14+. The summed E-state index contributed by atoms with van der Waals surface area (Å²) in [5.74, 6) is 1.01. The van der Waals surface area contributed by atoms with Gasteiger partial charge in [-0.3, -0.25) is 4.79 Å². The summed E-state index contributed by atoms with van der Waals surface area (Å²) in [6.07, 6.45) is 1.53. The molecule has 3 rings (SSSR count). The first-order valence-electron chi connectivity index (χ1n) is 9.29. The molecule has 0 unspecified atom stereocenters. The third-order valence-electron chi connectivity index (χ3n) is 4.11. The quantitative estimate of drug-likeness (QED) is 0.357. The van der Waals surface area contributed by atoms with Gasteiger partial charge in [-0.25, -0.2) is 5.43 Å². The van der Waals surface area contributed by atoms with E-state index < -0.39 is 0 Å². The Balaban J connectivity index is 1.62. The molecule has 1 amide bonds. The summed E-state index contributed by atoms with van der Waals surface area (Å²) in [6, 6.07) is 19.5. The number of hydrazone groups is 1. The van der Waals surface area contributed by atoms with Crippen LogP contribution in [0.1, 0.15) is 28.4 Å². The van der Waals surface area contributed by atoms with E-state index >= 15 is 0 Å². The van der Waals surface area contributed by atoms with Crippen LogP contribution in [0.5, 0.6) is 11.5 Å². The highest BCUT2D eigenvalue weighted by Crippen LogP contribution is 2.24. The molecule has 0 saturated carbocycles. The topological polar surface area (TPSA) is 59.9 Å². The molecule has 3 aromatic carbocycles. The number of rotatable bonds is 8. The molecule has 0 spiro atoms. The third kappa shape index (κ3) is 5.99. The molecule has 0 radical (unpaired) electrons. The lowest BCUT2D eigenvalue weighted by molar-refractivity contribution is 0.0955. The number of hydrogen-bond donors (Lipinski definition) is 1. The summed E-state index contributed by atoms with van der Waals surface area (Å²) < 4.78 is 11.2. The number of benzene rings is 3. The van der Waals surface area contributed by atoms with Crippen LogP contribution < -0.4 is 14.9 Å². The van der Waals surface area contributed by atoms with Crippen LogP contribution in [0, 0.1) is 0 Å². The van der Waals surface area contributed by atoms with E-state index in [9.17, 15) is 4.79 Å². The Morgan fingerprint density at radius 2 is 1.80 bits per heavy atom. The van der Waals surface area contributed by atoms with Crippen molar-refractivity contribution in [2.24, 2.45) is 5.10 Å². The van der Waals surface area contributed by atoms with Gasteiger partial charge in [0, 0.05) is 26.7 Å². The Morgan fingerprint density at radius 1 is 1.03 bits per heavy atom. The number of halogens is 2. The first-order chi connectivity index (χ1) is 14.6. The minimum atomic E-state index is -0.319. The van der Waals surface area contributed by atoms with Gasteiger partial charge in [-0.1, -0.05) is 41.4 Å². The molecule has 0 aliphatic heterocycles. The fraction of sp³-hybridized carbons (Fsp3) is 0.130. The molecule has 0 aromatic heterocycles. The second kappa shape index (κ2) is 10.7.